The molecule has 1 atom stereocenters. The maximum atomic E-state index is 12.0. The van der Waals surface area contributed by atoms with Crippen LogP contribution in [0.4, 0.5) is 0 Å². The number of amides is 1. The molecule has 2 rings (SSSR count). The molecule has 112 valence electrons. The van der Waals surface area contributed by atoms with Crippen LogP contribution in [0.25, 0.3) is 0 Å². The molecule has 2 heterocycles. The first-order valence-corrected chi connectivity index (χ1v) is 7.33. The monoisotopic (exact) mass is 279 g/mol. The number of nitrogens with zero attached hydrogens (tertiary/aromatic N) is 3. The second kappa shape index (κ2) is 5.91. The normalized spacial score (nSPS) is 20.3. The van der Waals surface area contributed by atoms with E-state index in [0.717, 1.165) is 31.9 Å². The summed E-state index contributed by atoms with van der Waals surface area (Å²) in [4.78, 5) is 18.7. The summed E-state index contributed by atoms with van der Waals surface area (Å²) < 4.78 is 0. The summed E-state index contributed by atoms with van der Waals surface area (Å²) in [6, 6.07) is 0. The molecule has 1 aromatic heterocycles. The predicted molar refractivity (Wildman–Crippen MR) is 77.6 cm³/mol. The van der Waals surface area contributed by atoms with E-state index in [1.54, 1.807) is 0 Å². The zero-order chi connectivity index (χ0) is 14.8. The van der Waals surface area contributed by atoms with E-state index in [1.807, 2.05) is 20.8 Å². The van der Waals surface area contributed by atoms with Crippen molar-refractivity contribution < 1.29 is 4.79 Å². The van der Waals surface area contributed by atoms with E-state index in [9.17, 15) is 4.79 Å². The van der Waals surface area contributed by atoms with Crippen LogP contribution >= 0.6 is 0 Å². The molecule has 20 heavy (non-hydrogen) atoms. The Kier molecular flexibility index (Phi) is 4.42. The molecule has 0 aliphatic carbocycles. The number of hydrogen-bond acceptors (Lipinski definition) is 4. The molecular formula is C14H25N5O. The number of aromatic nitrogens is 3. The molecular weight excluding hydrogens is 254 g/mol. The third kappa shape index (κ3) is 3.56. The Bertz CT molecular complexity index is 462. The number of hydrogen-bond donors (Lipinski definition) is 2. The van der Waals surface area contributed by atoms with Gasteiger partial charge < -0.3 is 10.2 Å². The van der Waals surface area contributed by atoms with E-state index in [4.69, 9.17) is 0 Å². The maximum Gasteiger partial charge on any atom is 0.290 e. The largest absolute Gasteiger partial charge is 0.349 e. The molecule has 1 fully saturated rings. The summed E-state index contributed by atoms with van der Waals surface area (Å²) >= 11 is 0. The Balaban J connectivity index is 1.85. The van der Waals surface area contributed by atoms with Crippen LogP contribution in [0.3, 0.4) is 0 Å². The number of H-pyrrole nitrogens is 1. The fraction of sp³-hybridized carbons (Fsp3) is 0.786. The van der Waals surface area contributed by atoms with E-state index in [2.05, 4.69) is 32.3 Å². The van der Waals surface area contributed by atoms with Gasteiger partial charge >= 0.3 is 0 Å². The van der Waals surface area contributed by atoms with Crippen molar-refractivity contribution in [3.63, 3.8) is 0 Å². The van der Waals surface area contributed by atoms with E-state index in [-0.39, 0.29) is 17.1 Å². The number of likely N-dealkylation sites (tertiary alicyclic amines) is 1. The molecule has 0 aromatic carbocycles. The number of rotatable bonds is 4. The first kappa shape index (κ1) is 15.0. The molecule has 0 bridgehead atoms. The van der Waals surface area contributed by atoms with Gasteiger partial charge in [0.1, 0.15) is 5.82 Å². The standard InChI is InChI=1S/C14H25N5O/c1-5-19-7-6-10(9-19)8-15-12(20)11-16-13(18-17-11)14(2,3)4/h10H,5-9H2,1-4H3,(H,15,20)(H,16,17,18). The second-order valence-corrected chi connectivity index (χ2v) is 6.52. The molecule has 1 aliphatic rings. The van der Waals surface area contributed by atoms with E-state index in [1.165, 1.54) is 0 Å². The highest BCUT2D eigenvalue weighted by atomic mass is 16.2. The Morgan fingerprint density at radius 3 is 2.80 bits per heavy atom. The lowest BCUT2D eigenvalue weighted by Gasteiger charge is -2.13. The maximum absolute atomic E-state index is 12.0. The van der Waals surface area contributed by atoms with Gasteiger partial charge in [0, 0.05) is 18.5 Å². The lowest BCUT2D eigenvalue weighted by molar-refractivity contribution is 0.0937. The van der Waals surface area contributed by atoms with E-state index in [0.29, 0.717) is 12.5 Å². The summed E-state index contributed by atoms with van der Waals surface area (Å²) in [5.74, 6) is 1.33. The molecule has 6 heteroatoms. The second-order valence-electron chi connectivity index (χ2n) is 6.52. The molecule has 0 radical (unpaired) electrons. The smallest absolute Gasteiger partial charge is 0.290 e. The van der Waals surface area contributed by atoms with Crippen molar-refractivity contribution in [3.05, 3.63) is 11.6 Å². The molecule has 6 nitrogen and oxygen atoms in total. The van der Waals surface area contributed by atoms with Crippen molar-refractivity contribution in [3.8, 4) is 0 Å². The fourth-order valence-corrected chi connectivity index (χ4v) is 2.38. The van der Waals surface area contributed by atoms with Crippen molar-refractivity contribution in [1.82, 2.24) is 25.4 Å². The van der Waals surface area contributed by atoms with Gasteiger partial charge in [0.15, 0.2) is 0 Å². The zero-order valence-electron chi connectivity index (χ0n) is 12.9. The van der Waals surface area contributed by atoms with Crippen LogP contribution in [0.5, 0.6) is 0 Å². The fourth-order valence-electron chi connectivity index (χ4n) is 2.38. The topological polar surface area (TPSA) is 73.9 Å². The lowest BCUT2D eigenvalue weighted by Crippen LogP contribution is -2.31. The first-order valence-electron chi connectivity index (χ1n) is 7.33. The predicted octanol–water partition coefficient (Wildman–Crippen LogP) is 1.17. The van der Waals surface area contributed by atoms with Gasteiger partial charge in [-0.1, -0.05) is 27.7 Å². The molecule has 1 amide bonds. The van der Waals surface area contributed by atoms with Gasteiger partial charge in [-0.05, 0) is 25.4 Å². The summed E-state index contributed by atoms with van der Waals surface area (Å²) in [6.45, 7) is 12.3. The van der Waals surface area contributed by atoms with Gasteiger partial charge in [0.2, 0.25) is 5.82 Å². The molecule has 1 aliphatic heterocycles. The molecule has 0 saturated carbocycles. The van der Waals surface area contributed by atoms with Crippen LogP contribution in [0.15, 0.2) is 0 Å². The van der Waals surface area contributed by atoms with Gasteiger partial charge in [0.25, 0.3) is 5.91 Å². The average Bonchev–Trinajstić information content (AvgIpc) is 3.04. The highest BCUT2D eigenvalue weighted by Gasteiger charge is 2.24. The van der Waals surface area contributed by atoms with Crippen LogP contribution in [0.2, 0.25) is 0 Å². The number of carbonyl (C=O) groups excluding carboxylic acids is 1. The first-order chi connectivity index (χ1) is 9.40. The van der Waals surface area contributed by atoms with Crippen molar-refractivity contribution >= 4 is 5.91 Å². The van der Waals surface area contributed by atoms with Gasteiger partial charge in [-0.2, -0.15) is 0 Å². The number of nitrogens with one attached hydrogen (secondary N) is 2. The Hall–Kier alpha value is -1.43. The quantitative estimate of drug-likeness (QED) is 0.868. The minimum atomic E-state index is -0.188. The van der Waals surface area contributed by atoms with Crippen molar-refractivity contribution in [1.29, 1.82) is 0 Å². The minimum Gasteiger partial charge on any atom is -0.349 e. The summed E-state index contributed by atoms with van der Waals surface area (Å²) in [6.07, 6.45) is 1.15. The van der Waals surface area contributed by atoms with Crippen LogP contribution < -0.4 is 5.32 Å². The summed E-state index contributed by atoms with van der Waals surface area (Å²) in [5.41, 5.74) is -0.126. The van der Waals surface area contributed by atoms with E-state index < -0.39 is 0 Å². The van der Waals surface area contributed by atoms with Gasteiger partial charge in [0.05, 0.1) is 0 Å². The molecule has 1 unspecified atom stereocenters. The van der Waals surface area contributed by atoms with Crippen molar-refractivity contribution in [2.75, 3.05) is 26.2 Å². The summed E-state index contributed by atoms with van der Waals surface area (Å²) in [7, 11) is 0. The molecule has 1 saturated heterocycles. The highest BCUT2D eigenvalue weighted by molar-refractivity contribution is 5.90. The Labute approximate surface area is 120 Å². The SMILES string of the molecule is CCN1CCC(CNC(=O)c2n[nH]c(C(C)(C)C)n2)C1. The van der Waals surface area contributed by atoms with Gasteiger partial charge in [-0.3, -0.25) is 9.89 Å². The lowest BCUT2D eigenvalue weighted by atomic mass is 9.96. The number of carbonyl (C=O) groups is 1. The third-order valence-electron chi connectivity index (χ3n) is 3.77. The zero-order valence-corrected chi connectivity index (χ0v) is 12.9. The van der Waals surface area contributed by atoms with Crippen LogP contribution in [-0.2, 0) is 5.41 Å². The Morgan fingerprint density at radius 1 is 1.50 bits per heavy atom. The number of aromatic amines is 1. The summed E-state index contributed by atoms with van der Waals surface area (Å²) in [5, 5.41) is 9.78. The average molecular weight is 279 g/mol. The van der Waals surface area contributed by atoms with Crippen LogP contribution in [0, 0.1) is 5.92 Å². The molecule has 1 aromatic rings. The van der Waals surface area contributed by atoms with Gasteiger partial charge in [-0.25, -0.2) is 4.98 Å². The molecule has 0 spiro atoms. The van der Waals surface area contributed by atoms with Crippen LogP contribution in [-0.4, -0.2) is 52.2 Å². The van der Waals surface area contributed by atoms with Gasteiger partial charge in [-0.15, -0.1) is 5.10 Å². The van der Waals surface area contributed by atoms with E-state index >= 15 is 0 Å². The molecule has 2 N–H and O–H groups in total. The van der Waals surface area contributed by atoms with Crippen molar-refractivity contribution in [2.24, 2.45) is 5.92 Å². The van der Waals surface area contributed by atoms with Crippen molar-refractivity contribution in [2.45, 2.75) is 39.5 Å². The van der Waals surface area contributed by atoms with Crippen LogP contribution in [0.1, 0.15) is 50.6 Å². The Morgan fingerprint density at radius 2 is 2.25 bits per heavy atom. The third-order valence-corrected chi connectivity index (χ3v) is 3.77. The highest BCUT2D eigenvalue weighted by Crippen LogP contribution is 2.17. The minimum absolute atomic E-state index is 0.126.